The molecule has 1 aliphatic carbocycles. The van der Waals surface area contributed by atoms with E-state index in [0.29, 0.717) is 0 Å². The Kier molecular flexibility index (Phi) is 27.4. The smallest absolute Gasteiger partial charge is 0.157 e. The summed E-state index contributed by atoms with van der Waals surface area (Å²) in [5, 5.41) is 24.8. The van der Waals surface area contributed by atoms with E-state index in [9.17, 15) is 14.4 Å². The van der Waals surface area contributed by atoms with Crippen LogP contribution in [0.5, 0.6) is 0 Å². The molecule has 24 heavy (non-hydrogen) atoms. The molecule has 3 atom stereocenters. The van der Waals surface area contributed by atoms with Crippen molar-refractivity contribution >= 4 is 17.3 Å². The molecule has 0 radical (unpaired) electrons. The van der Waals surface area contributed by atoms with Crippen LogP contribution >= 0.6 is 0 Å². The van der Waals surface area contributed by atoms with Gasteiger partial charge in [0.05, 0.1) is 0 Å². The van der Waals surface area contributed by atoms with Crippen LogP contribution in [0.15, 0.2) is 0 Å². The number of aliphatic hydroxyl groups is 3. The molecule has 0 bridgehead atoms. The van der Waals surface area contributed by atoms with Crippen LogP contribution in [0.3, 0.4) is 0 Å². The normalized spacial score (nSPS) is 15.4. The third-order valence-electron chi connectivity index (χ3n) is 3.01. The SMILES string of the molecule is C1CCCC1.CC(=O)C(C)O.CC(=O)C(C)O.CC(=O)C(C)O.[Zr]. The zero-order chi connectivity index (χ0) is 19.0. The molecule has 1 aliphatic rings. The van der Waals surface area contributed by atoms with E-state index in [1.165, 1.54) is 73.6 Å². The van der Waals surface area contributed by atoms with Crippen LogP contribution in [0.25, 0.3) is 0 Å². The molecule has 3 unspecified atom stereocenters. The summed E-state index contributed by atoms with van der Waals surface area (Å²) in [4.78, 5) is 29.7. The molecule has 0 aliphatic heterocycles. The van der Waals surface area contributed by atoms with Gasteiger partial charge < -0.3 is 15.3 Å². The summed E-state index contributed by atoms with van der Waals surface area (Å²) in [6.07, 6.45) is 5.14. The van der Waals surface area contributed by atoms with Crippen LogP contribution in [-0.2, 0) is 40.6 Å². The topological polar surface area (TPSA) is 112 Å². The van der Waals surface area contributed by atoms with Crippen LogP contribution in [0.2, 0.25) is 0 Å². The Balaban J connectivity index is -0.000000110. The van der Waals surface area contributed by atoms with Gasteiger partial charge in [-0.15, -0.1) is 0 Å². The van der Waals surface area contributed by atoms with Gasteiger partial charge in [0.15, 0.2) is 17.3 Å². The standard InChI is InChI=1S/C5H10.3C4H8O2.Zr/c1-2-4-5-3-1;3*1-3(5)4(2)6;/h1-5H2;3*3,5H,1-2H3;. The molecule has 0 aromatic rings. The maximum absolute atomic E-state index is 9.89. The first-order valence-electron chi connectivity index (χ1n) is 7.99. The van der Waals surface area contributed by atoms with Gasteiger partial charge in [-0.2, -0.15) is 0 Å². The Morgan fingerprint density at radius 3 is 0.708 bits per heavy atom. The van der Waals surface area contributed by atoms with Crippen molar-refractivity contribution in [2.75, 3.05) is 0 Å². The monoisotopic (exact) mass is 424 g/mol. The summed E-state index contributed by atoms with van der Waals surface area (Å²) in [5.74, 6) is -0.556. The van der Waals surface area contributed by atoms with E-state index >= 15 is 0 Å². The van der Waals surface area contributed by atoms with Gasteiger partial charge in [0.2, 0.25) is 0 Å². The average molecular weight is 426 g/mol. The van der Waals surface area contributed by atoms with E-state index in [0.717, 1.165) is 0 Å². The molecule has 1 rings (SSSR count). The van der Waals surface area contributed by atoms with Crippen LogP contribution in [0.1, 0.15) is 73.6 Å². The molecular weight excluding hydrogens is 391 g/mol. The first-order valence-corrected chi connectivity index (χ1v) is 7.99. The molecule has 1 fully saturated rings. The second kappa shape index (κ2) is 20.8. The second-order valence-electron chi connectivity index (χ2n) is 5.63. The summed E-state index contributed by atoms with van der Waals surface area (Å²) in [6, 6.07) is 0. The third-order valence-corrected chi connectivity index (χ3v) is 3.01. The van der Waals surface area contributed by atoms with Gasteiger partial charge in [0, 0.05) is 26.2 Å². The molecule has 142 valence electrons. The van der Waals surface area contributed by atoms with Crippen LogP contribution in [0.4, 0.5) is 0 Å². The van der Waals surface area contributed by atoms with Crippen LogP contribution in [-0.4, -0.2) is 51.0 Å². The maximum Gasteiger partial charge on any atom is 0.157 e. The fraction of sp³-hybridized carbons (Fsp3) is 0.824. The Morgan fingerprint density at radius 2 is 0.667 bits per heavy atom. The molecule has 0 heterocycles. The van der Waals surface area contributed by atoms with Gasteiger partial charge in [-0.05, 0) is 41.5 Å². The largest absolute Gasteiger partial charge is 0.386 e. The molecule has 6 nitrogen and oxygen atoms in total. The minimum atomic E-state index is -0.787. The minimum absolute atomic E-state index is 0. The summed E-state index contributed by atoms with van der Waals surface area (Å²) in [7, 11) is 0. The molecule has 0 aromatic heterocycles. The Hall–Kier alpha value is -0.227. The Labute approximate surface area is 165 Å². The Morgan fingerprint density at radius 1 is 0.583 bits per heavy atom. The van der Waals surface area contributed by atoms with Crippen molar-refractivity contribution in [3.05, 3.63) is 0 Å². The molecule has 0 aromatic carbocycles. The van der Waals surface area contributed by atoms with E-state index in [-0.39, 0.29) is 43.6 Å². The first-order chi connectivity index (χ1) is 10.4. The van der Waals surface area contributed by atoms with Crippen molar-refractivity contribution in [1.29, 1.82) is 0 Å². The second-order valence-corrected chi connectivity index (χ2v) is 5.63. The van der Waals surface area contributed by atoms with Gasteiger partial charge in [-0.25, -0.2) is 0 Å². The van der Waals surface area contributed by atoms with E-state index < -0.39 is 18.3 Å². The van der Waals surface area contributed by atoms with E-state index in [1.807, 2.05) is 0 Å². The Bertz CT molecular complexity index is 273. The quantitative estimate of drug-likeness (QED) is 0.636. The van der Waals surface area contributed by atoms with Crippen molar-refractivity contribution in [3.8, 4) is 0 Å². The first kappa shape index (κ1) is 31.5. The van der Waals surface area contributed by atoms with Gasteiger partial charge in [0.1, 0.15) is 18.3 Å². The molecule has 3 N–H and O–H groups in total. The number of aliphatic hydroxyl groups excluding tert-OH is 3. The fourth-order valence-corrected chi connectivity index (χ4v) is 0.884. The summed E-state index contributed by atoms with van der Waals surface area (Å²) in [6.45, 7) is 8.40. The van der Waals surface area contributed by atoms with Crippen LogP contribution in [0, 0.1) is 0 Å². The van der Waals surface area contributed by atoms with Crippen molar-refractivity contribution in [2.45, 2.75) is 92.0 Å². The number of Topliss-reactive ketones (excluding diaryl/α,β-unsaturated/α-hetero) is 3. The number of ketones is 3. The minimum Gasteiger partial charge on any atom is -0.386 e. The van der Waals surface area contributed by atoms with Gasteiger partial charge >= 0.3 is 0 Å². The zero-order valence-electron chi connectivity index (χ0n) is 15.8. The van der Waals surface area contributed by atoms with Crippen molar-refractivity contribution in [3.63, 3.8) is 0 Å². The number of hydrogen-bond donors (Lipinski definition) is 3. The predicted molar refractivity (Wildman–Crippen MR) is 90.2 cm³/mol. The van der Waals surface area contributed by atoms with Crippen molar-refractivity contribution in [2.24, 2.45) is 0 Å². The van der Waals surface area contributed by atoms with Crippen LogP contribution < -0.4 is 0 Å². The molecule has 7 heteroatoms. The molecule has 0 spiro atoms. The summed E-state index contributed by atoms with van der Waals surface area (Å²) >= 11 is 0. The predicted octanol–water partition coefficient (Wildman–Crippen LogP) is 1.82. The van der Waals surface area contributed by atoms with E-state index in [2.05, 4.69) is 0 Å². The summed E-state index contributed by atoms with van der Waals surface area (Å²) < 4.78 is 0. The molecular formula is C17H34O6Zr. The zero-order valence-corrected chi connectivity index (χ0v) is 18.3. The molecule has 0 saturated heterocycles. The van der Waals surface area contributed by atoms with E-state index in [1.54, 1.807) is 0 Å². The van der Waals surface area contributed by atoms with E-state index in [4.69, 9.17) is 15.3 Å². The number of rotatable bonds is 3. The third kappa shape index (κ3) is 33.4. The fourth-order valence-electron chi connectivity index (χ4n) is 0.884. The molecule has 1 saturated carbocycles. The van der Waals surface area contributed by atoms with Gasteiger partial charge in [-0.3, -0.25) is 14.4 Å². The number of hydrogen-bond acceptors (Lipinski definition) is 6. The number of carbonyl (C=O) groups is 3. The summed E-state index contributed by atoms with van der Waals surface area (Å²) in [5.41, 5.74) is 0. The van der Waals surface area contributed by atoms with Crippen molar-refractivity contribution in [1.82, 2.24) is 0 Å². The molecule has 0 amide bonds. The number of carbonyl (C=O) groups excluding carboxylic acids is 3. The van der Waals surface area contributed by atoms with Crippen molar-refractivity contribution < 1.29 is 55.9 Å². The maximum atomic E-state index is 9.89. The van der Waals surface area contributed by atoms with Gasteiger partial charge in [-0.1, -0.05) is 32.1 Å². The average Bonchev–Trinajstić information content (AvgIpc) is 2.98. The van der Waals surface area contributed by atoms with Gasteiger partial charge in [0.25, 0.3) is 0 Å².